The summed E-state index contributed by atoms with van der Waals surface area (Å²) in [4.78, 5) is 0. The zero-order chi connectivity index (χ0) is 11.4. The van der Waals surface area contributed by atoms with Crippen molar-refractivity contribution < 1.29 is 9.30 Å². The summed E-state index contributed by atoms with van der Waals surface area (Å²) in [6, 6.07) is 12.0. The number of hydrogen-bond acceptors (Lipinski definition) is 1. The number of aryl methyl sites for hydroxylation is 2. The quantitative estimate of drug-likeness (QED) is 0.715. The molecule has 1 aromatic heterocycles. The molecule has 0 aliphatic carbocycles. The average Bonchev–Trinajstić information content (AvgIpc) is 2.30. The highest BCUT2D eigenvalue weighted by atomic mass is 16.5. The van der Waals surface area contributed by atoms with Crippen LogP contribution in [0.4, 0.5) is 0 Å². The first-order valence-electron chi connectivity index (χ1n) is 5.51. The van der Waals surface area contributed by atoms with Crippen LogP contribution >= 0.6 is 0 Å². The smallest absolute Gasteiger partial charge is 0.172 e. The number of pyridine rings is 1. The number of hydrogen-bond donors (Lipinski definition) is 0. The molecule has 2 nitrogen and oxygen atoms in total. The lowest BCUT2D eigenvalue weighted by atomic mass is 10.2. The monoisotopic (exact) mass is 214 g/mol. The molecule has 2 aromatic rings. The molecule has 2 heteroatoms. The first-order chi connectivity index (χ1) is 7.78. The van der Waals surface area contributed by atoms with Crippen molar-refractivity contribution in [2.75, 3.05) is 0 Å². The second kappa shape index (κ2) is 4.79. The lowest BCUT2D eigenvalue weighted by Gasteiger charge is -2.05. The fourth-order valence-corrected chi connectivity index (χ4v) is 1.54. The second-order valence-corrected chi connectivity index (χ2v) is 3.78. The van der Waals surface area contributed by atoms with Crippen molar-refractivity contribution in [2.24, 2.45) is 0 Å². The van der Waals surface area contributed by atoms with Crippen molar-refractivity contribution in [2.45, 2.75) is 20.4 Å². The Morgan fingerprint density at radius 2 is 1.81 bits per heavy atom. The second-order valence-electron chi connectivity index (χ2n) is 3.78. The summed E-state index contributed by atoms with van der Waals surface area (Å²) < 4.78 is 7.85. The van der Waals surface area contributed by atoms with Crippen molar-refractivity contribution in [1.29, 1.82) is 0 Å². The van der Waals surface area contributed by atoms with Crippen molar-refractivity contribution >= 4 is 0 Å². The van der Waals surface area contributed by atoms with E-state index in [-0.39, 0.29) is 0 Å². The highest BCUT2D eigenvalue weighted by Crippen LogP contribution is 2.20. The summed E-state index contributed by atoms with van der Waals surface area (Å²) in [5.74, 6) is 1.75. The standard InChI is InChI=1S/C14H16NO/c1-3-15-9-7-13(8-10-15)16-14-6-4-5-12(2)11-14/h4-11H,3H2,1-2H3/q+1. The van der Waals surface area contributed by atoms with Gasteiger partial charge in [-0.15, -0.1) is 0 Å². The van der Waals surface area contributed by atoms with Gasteiger partial charge in [-0.25, -0.2) is 4.57 Å². The van der Waals surface area contributed by atoms with Gasteiger partial charge in [-0.05, 0) is 31.5 Å². The van der Waals surface area contributed by atoms with Gasteiger partial charge in [0.15, 0.2) is 12.4 Å². The molecular formula is C14H16NO+. The van der Waals surface area contributed by atoms with E-state index < -0.39 is 0 Å². The predicted molar refractivity (Wildman–Crippen MR) is 63.6 cm³/mol. The van der Waals surface area contributed by atoms with Crippen LogP contribution in [0.3, 0.4) is 0 Å². The Morgan fingerprint density at radius 3 is 2.44 bits per heavy atom. The van der Waals surface area contributed by atoms with Gasteiger partial charge in [-0.1, -0.05) is 12.1 Å². The van der Waals surface area contributed by atoms with Crippen LogP contribution in [-0.4, -0.2) is 0 Å². The van der Waals surface area contributed by atoms with Crippen molar-refractivity contribution in [3.63, 3.8) is 0 Å². The van der Waals surface area contributed by atoms with E-state index in [0.717, 1.165) is 18.0 Å². The summed E-state index contributed by atoms with van der Waals surface area (Å²) in [6.07, 6.45) is 4.04. The Kier molecular flexibility index (Phi) is 3.20. The third-order valence-electron chi connectivity index (χ3n) is 2.45. The van der Waals surface area contributed by atoms with Gasteiger partial charge < -0.3 is 4.74 Å². The van der Waals surface area contributed by atoms with E-state index in [0.29, 0.717) is 0 Å². The van der Waals surface area contributed by atoms with Crippen molar-refractivity contribution in [3.05, 3.63) is 54.4 Å². The van der Waals surface area contributed by atoms with Crippen LogP contribution in [0.2, 0.25) is 0 Å². The third-order valence-corrected chi connectivity index (χ3v) is 2.45. The van der Waals surface area contributed by atoms with Crippen LogP contribution in [-0.2, 0) is 6.54 Å². The van der Waals surface area contributed by atoms with Gasteiger partial charge >= 0.3 is 0 Å². The maximum Gasteiger partial charge on any atom is 0.172 e. The first kappa shape index (κ1) is 10.7. The van der Waals surface area contributed by atoms with E-state index in [4.69, 9.17) is 4.74 Å². The lowest BCUT2D eigenvalue weighted by Crippen LogP contribution is -2.30. The molecule has 0 saturated heterocycles. The minimum Gasteiger partial charge on any atom is -0.457 e. The average molecular weight is 214 g/mol. The fraction of sp³-hybridized carbons (Fsp3) is 0.214. The molecule has 0 aliphatic rings. The zero-order valence-electron chi connectivity index (χ0n) is 9.68. The Balaban J connectivity index is 2.14. The largest absolute Gasteiger partial charge is 0.457 e. The van der Waals surface area contributed by atoms with E-state index in [1.165, 1.54) is 5.56 Å². The number of benzene rings is 1. The van der Waals surface area contributed by atoms with E-state index in [2.05, 4.69) is 24.5 Å². The zero-order valence-corrected chi connectivity index (χ0v) is 9.68. The molecule has 0 unspecified atom stereocenters. The Bertz CT molecular complexity index is 462. The Hall–Kier alpha value is -1.83. The Morgan fingerprint density at radius 1 is 1.06 bits per heavy atom. The summed E-state index contributed by atoms with van der Waals surface area (Å²) in [5, 5.41) is 0. The fourth-order valence-electron chi connectivity index (χ4n) is 1.54. The summed E-state index contributed by atoms with van der Waals surface area (Å²) in [5.41, 5.74) is 1.21. The lowest BCUT2D eigenvalue weighted by molar-refractivity contribution is -0.693. The number of aromatic nitrogens is 1. The van der Waals surface area contributed by atoms with Crippen LogP contribution in [0.5, 0.6) is 11.5 Å². The maximum atomic E-state index is 5.75. The van der Waals surface area contributed by atoms with Gasteiger partial charge in [0.25, 0.3) is 0 Å². The molecule has 0 N–H and O–H groups in total. The number of ether oxygens (including phenoxy) is 1. The maximum absolute atomic E-state index is 5.75. The summed E-state index contributed by atoms with van der Waals surface area (Å²) in [7, 11) is 0. The summed E-state index contributed by atoms with van der Waals surface area (Å²) >= 11 is 0. The highest BCUT2D eigenvalue weighted by Gasteiger charge is 2.00. The van der Waals surface area contributed by atoms with Gasteiger partial charge in [0.05, 0.1) is 0 Å². The normalized spacial score (nSPS) is 10.1. The molecule has 2 rings (SSSR count). The molecule has 0 spiro atoms. The van der Waals surface area contributed by atoms with E-state index >= 15 is 0 Å². The molecule has 1 heterocycles. The van der Waals surface area contributed by atoms with Gasteiger partial charge in [0.1, 0.15) is 18.0 Å². The molecule has 0 radical (unpaired) electrons. The summed E-state index contributed by atoms with van der Waals surface area (Å²) in [6.45, 7) is 5.15. The minimum absolute atomic E-state index is 0.871. The van der Waals surface area contributed by atoms with Crippen molar-refractivity contribution in [1.82, 2.24) is 0 Å². The minimum atomic E-state index is 0.871. The molecule has 0 amide bonds. The van der Waals surface area contributed by atoms with Gasteiger partial charge in [-0.2, -0.15) is 0 Å². The van der Waals surface area contributed by atoms with Gasteiger partial charge in [0, 0.05) is 12.1 Å². The van der Waals surface area contributed by atoms with E-state index in [1.54, 1.807) is 0 Å². The Labute approximate surface area is 96.1 Å². The predicted octanol–water partition coefficient (Wildman–Crippen LogP) is 3.09. The van der Waals surface area contributed by atoms with Gasteiger partial charge in [-0.3, -0.25) is 0 Å². The number of rotatable bonds is 3. The molecule has 0 atom stereocenters. The van der Waals surface area contributed by atoms with Crippen LogP contribution in [0.1, 0.15) is 12.5 Å². The van der Waals surface area contributed by atoms with Crippen LogP contribution in [0.25, 0.3) is 0 Å². The molecule has 0 saturated carbocycles. The molecular weight excluding hydrogens is 198 g/mol. The molecule has 1 aromatic carbocycles. The van der Waals surface area contributed by atoms with E-state index in [9.17, 15) is 0 Å². The first-order valence-corrected chi connectivity index (χ1v) is 5.51. The molecule has 82 valence electrons. The van der Waals surface area contributed by atoms with Gasteiger partial charge in [0.2, 0.25) is 0 Å². The van der Waals surface area contributed by atoms with Crippen LogP contribution < -0.4 is 9.30 Å². The van der Waals surface area contributed by atoms with Crippen LogP contribution in [0, 0.1) is 6.92 Å². The highest BCUT2D eigenvalue weighted by molar-refractivity contribution is 5.32. The van der Waals surface area contributed by atoms with Crippen LogP contribution in [0.15, 0.2) is 48.8 Å². The topological polar surface area (TPSA) is 13.1 Å². The molecule has 0 bridgehead atoms. The number of nitrogens with zero attached hydrogens (tertiary/aromatic N) is 1. The van der Waals surface area contributed by atoms with Crippen molar-refractivity contribution in [3.8, 4) is 11.5 Å². The molecule has 0 fully saturated rings. The molecule has 16 heavy (non-hydrogen) atoms. The third kappa shape index (κ3) is 2.60. The SMILES string of the molecule is CC[n+]1ccc(Oc2cccc(C)c2)cc1. The van der Waals surface area contributed by atoms with E-state index in [1.807, 2.05) is 42.7 Å². The molecule has 0 aliphatic heterocycles.